The highest BCUT2D eigenvalue weighted by Gasteiger charge is 2.11. The predicted octanol–water partition coefficient (Wildman–Crippen LogP) is 3.51. The molecule has 0 aromatic heterocycles. The largest absolute Gasteiger partial charge is 0.396 e. The summed E-state index contributed by atoms with van der Waals surface area (Å²) in [6.45, 7) is 2.48. The number of unbranched alkanes of at least 4 members (excludes halogenated alkanes) is 2. The summed E-state index contributed by atoms with van der Waals surface area (Å²) in [5, 5.41) is 15.8. The van der Waals surface area contributed by atoms with Crippen LogP contribution >= 0.6 is 0 Å². The molecule has 0 atom stereocenters. The van der Waals surface area contributed by atoms with E-state index >= 15 is 0 Å². The van der Waals surface area contributed by atoms with E-state index in [4.69, 9.17) is 10.2 Å². The van der Waals surface area contributed by atoms with Crippen molar-refractivity contribution in [2.75, 3.05) is 13.2 Å². The van der Waals surface area contributed by atoms with Gasteiger partial charge in [0.15, 0.2) is 0 Å². The fourth-order valence-corrected chi connectivity index (χ4v) is 2.23. The molecular formula is C14H30O2. The molecule has 16 heavy (non-hydrogen) atoms. The van der Waals surface area contributed by atoms with Gasteiger partial charge in [-0.25, -0.2) is 0 Å². The molecule has 1 aliphatic rings. The molecule has 0 aromatic rings. The Balaban J connectivity index is 0.000000385. The molecule has 0 unspecified atom stereocenters. The molecule has 2 nitrogen and oxygen atoms in total. The first-order valence-corrected chi connectivity index (χ1v) is 7.06. The first-order valence-electron chi connectivity index (χ1n) is 7.06. The molecule has 98 valence electrons. The maximum atomic E-state index is 7.91. The fourth-order valence-electron chi connectivity index (χ4n) is 2.23. The van der Waals surface area contributed by atoms with Crippen LogP contribution in [0.4, 0.5) is 0 Å². The predicted molar refractivity (Wildman–Crippen MR) is 69.5 cm³/mol. The third-order valence-corrected chi connectivity index (χ3v) is 3.26. The highest BCUT2D eigenvalue weighted by atomic mass is 16.3. The zero-order valence-corrected chi connectivity index (χ0v) is 11.0. The summed E-state index contributed by atoms with van der Waals surface area (Å²) in [5.74, 6) is 1.11. The van der Waals surface area contributed by atoms with Crippen LogP contribution in [0.25, 0.3) is 0 Å². The molecule has 0 aromatic carbocycles. The average molecular weight is 230 g/mol. The normalized spacial score (nSPS) is 16.7. The Morgan fingerprint density at radius 1 is 0.875 bits per heavy atom. The Bertz CT molecular complexity index is 118. The Kier molecular flexibility index (Phi) is 12.9. The summed E-state index contributed by atoms with van der Waals surface area (Å²) in [6.07, 6.45) is 13.9. The van der Waals surface area contributed by atoms with E-state index in [2.05, 4.69) is 6.92 Å². The van der Waals surface area contributed by atoms with Crippen LogP contribution in [0.1, 0.15) is 71.1 Å². The van der Waals surface area contributed by atoms with Crippen molar-refractivity contribution in [3.63, 3.8) is 0 Å². The molecule has 1 aliphatic carbocycles. The molecule has 0 heterocycles. The number of rotatable bonds is 6. The van der Waals surface area contributed by atoms with Gasteiger partial charge in [0.25, 0.3) is 0 Å². The summed E-state index contributed by atoms with van der Waals surface area (Å²) >= 11 is 0. The molecule has 1 rings (SSSR count). The van der Waals surface area contributed by atoms with E-state index in [-0.39, 0.29) is 13.2 Å². The molecule has 1 saturated carbocycles. The lowest BCUT2D eigenvalue weighted by atomic mass is 9.86. The molecule has 1 fully saturated rings. The molecular weight excluding hydrogens is 200 g/mol. The van der Waals surface area contributed by atoms with Crippen LogP contribution < -0.4 is 0 Å². The lowest BCUT2D eigenvalue weighted by Gasteiger charge is -2.20. The summed E-state index contributed by atoms with van der Waals surface area (Å²) < 4.78 is 0. The van der Waals surface area contributed by atoms with Crippen molar-refractivity contribution in [2.45, 2.75) is 71.1 Å². The van der Waals surface area contributed by atoms with Gasteiger partial charge in [-0.1, -0.05) is 64.7 Å². The van der Waals surface area contributed by atoms with E-state index in [1.165, 1.54) is 57.8 Å². The average Bonchev–Trinajstić information content (AvgIpc) is 2.33. The third-order valence-electron chi connectivity index (χ3n) is 3.26. The Morgan fingerprint density at radius 3 is 1.94 bits per heavy atom. The fraction of sp³-hybridized carbons (Fsp3) is 1.00. The van der Waals surface area contributed by atoms with E-state index in [1.807, 2.05) is 0 Å². The van der Waals surface area contributed by atoms with Crippen LogP contribution in [0.3, 0.4) is 0 Å². The SMILES string of the molecule is CCCCCC1CCCCC1.OCCCO. The molecule has 0 bridgehead atoms. The van der Waals surface area contributed by atoms with Gasteiger partial charge < -0.3 is 10.2 Å². The number of hydrogen-bond donors (Lipinski definition) is 2. The molecule has 0 radical (unpaired) electrons. The van der Waals surface area contributed by atoms with Gasteiger partial charge in [0.1, 0.15) is 0 Å². The van der Waals surface area contributed by atoms with Gasteiger partial charge in [0, 0.05) is 13.2 Å². The van der Waals surface area contributed by atoms with E-state index in [1.54, 1.807) is 0 Å². The van der Waals surface area contributed by atoms with Crippen molar-refractivity contribution in [1.29, 1.82) is 0 Å². The van der Waals surface area contributed by atoms with Crippen molar-refractivity contribution in [3.05, 3.63) is 0 Å². The van der Waals surface area contributed by atoms with Crippen LogP contribution in [0, 0.1) is 5.92 Å². The summed E-state index contributed by atoms with van der Waals surface area (Å²) in [6, 6.07) is 0. The highest BCUT2D eigenvalue weighted by molar-refractivity contribution is 4.65. The van der Waals surface area contributed by atoms with Gasteiger partial charge in [-0.3, -0.25) is 0 Å². The zero-order chi connectivity index (χ0) is 12.1. The minimum atomic E-state index is 0.0938. The lowest BCUT2D eigenvalue weighted by Crippen LogP contribution is -2.05. The Labute approximate surface area is 101 Å². The minimum absolute atomic E-state index is 0.0938. The monoisotopic (exact) mass is 230 g/mol. The minimum Gasteiger partial charge on any atom is -0.396 e. The standard InChI is InChI=1S/C11H22.C3H8O2/c1-2-3-5-8-11-9-6-4-7-10-11;4-2-1-3-5/h11H,2-10H2,1H3;4-5H,1-3H2. The molecule has 0 aliphatic heterocycles. The van der Waals surface area contributed by atoms with Gasteiger partial charge in [0.05, 0.1) is 0 Å². The van der Waals surface area contributed by atoms with Crippen LogP contribution in [0.5, 0.6) is 0 Å². The molecule has 0 amide bonds. The van der Waals surface area contributed by atoms with Crippen molar-refractivity contribution >= 4 is 0 Å². The van der Waals surface area contributed by atoms with Crippen LogP contribution in [-0.2, 0) is 0 Å². The maximum Gasteiger partial charge on any atom is 0.0452 e. The smallest absolute Gasteiger partial charge is 0.0452 e. The number of aliphatic hydroxyl groups is 2. The summed E-state index contributed by atoms with van der Waals surface area (Å²) in [5.41, 5.74) is 0. The quantitative estimate of drug-likeness (QED) is 0.686. The molecule has 2 N–H and O–H groups in total. The Hall–Kier alpha value is -0.0800. The second-order valence-corrected chi connectivity index (χ2v) is 4.80. The van der Waals surface area contributed by atoms with Crippen LogP contribution in [-0.4, -0.2) is 23.4 Å². The van der Waals surface area contributed by atoms with Gasteiger partial charge >= 0.3 is 0 Å². The first-order chi connectivity index (χ1) is 7.85. The lowest BCUT2D eigenvalue weighted by molar-refractivity contribution is 0.221. The summed E-state index contributed by atoms with van der Waals surface area (Å²) in [4.78, 5) is 0. The molecule has 0 saturated heterocycles. The third kappa shape index (κ3) is 10.4. The Morgan fingerprint density at radius 2 is 1.50 bits per heavy atom. The summed E-state index contributed by atoms with van der Waals surface area (Å²) in [7, 11) is 0. The second kappa shape index (κ2) is 13.0. The van der Waals surface area contributed by atoms with Crippen molar-refractivity contribution < 1.29 is 10.2 Å². The van der Waals surface area contributed by atoms with E-state index < -0.39 is 0 Å². The van der Waals surface area contributed by atoms with Gasteiger partial charge in [-0.2, -0.15) is 0 Å². The topological polar surface area (TPSA) is 40.5 Å². The number of hydrogen-bond acceptors (Lipinski definition) is 2. The highest BCUT2D eigenvalue weighted by Crippen LogP contribution is 2.27. The van der Waals surface area contributed by atoms with Crippen molar-refractivity contribution in [2.24, 2.45) is 5.92 Å². The van der Waals surface area contributed by atoms with Crippen molar-refractivity contribution in [3.8, 4) is 0 Å². The van der Waals surface area contributed by atoms with E-state index in [0.29, 0.717) is 6.42 Å². The number of aliphatic hydroxyl groups excluding tert-OH is 2. The van der Waals surface area contributed by atoms with Gasteiger partial charge in [-0.05, 0) is 12.3 Å². The zero-order valence-electron chi connectivity index (χ0n) is 11.0. The molecule has 0 spiro atoms. The first kappa shape index (κ1) is 15.9. The van der Waals surface area contributed by atoms with E-state index in [0.717, 1.165) is 5.92 Å². The van der Waals surface area contributed by atoms with Crippen LogP contribution in [0.2, 0.25) is 0 Å². The molecule has 2 heteroatoms. The van der Waals surface area contributed by atoms with Gasteiger partial charge in [0.2, 0.25) is 0 Å². The van der Waals surface area contributed by atoms with E-state index in [9.17, 15) is 0 Å². The van der Waals surface area contributed by atoms with Crippen LogP contribution in [0.15, 0.2) is 0 Å². The van der Waals surface area contributed by atoms with Crippen molar-refractivity contribution in [1.82, 2.24) is 0 Å². The van der Waals surface area contributed by atoms with Gasteiger partial charge in [-0.15, -0.1) is 0 Å². The second-order valence-electron chi connectivity index (χ2n) is 4.80. The maximum absolute atomic E-state index is 7.91.